The Labute approximate surface area is 112 Å². The Bertz CT molecular complexity index is 547. The van der Waals surface area contributed by atoms with Gasteiger partial charge in [-0.25, -0.2) is 17.5 Å². The van der Waals surface area contributed by atoms with Crippen LogP contribution in [0.25, 0.3) is 0 Å². The van der Waals surface area contributed by atoms with Gasteiger partial charge in [-0.3, -0.25) is 4.79 Å². The maximum absolute atomic E-state index is 12.9. The lowest BCUT2D eigenvalue weighted by Gasteiger charge is -2.07. The van der Waals surface area contributed by atoms with Crippen LogP contribution < -0.4 is 4.72 Å². The van der Waals surface area contributed by atoms with Gasteiger partial charge in [0.15, 0.2) is 0 Å². The van der Waals surface area contributed by atoms with Crippen molar-refractivity contribution in [2.45, 2.75) is 13.0 Å². The van der Waals surface area contributed by atoms with Crippen LogP contribution in [0.2, 0.25) is 0 Å². The predicted molar refractivity (Wildman–Crippen MR) is 67.0 cm³/mol. The van der Waals surface area contributed by atoms with Crippen LogP contribution in [0.1, 0.15) is 12.0 Å². The summed E-state index contributed by atoms with van der Waals surface area (Å²) in [5.74, 6) is -2.17. The monoisotopic (exact) mass is 339 g/mol. The lowest BCUT2D eigenvalue weighted by molar-refractivity contribution is -0.136. The zero-order chi connectivity index (χ0) is 13.8. The summed E-state index contributed by atoms with van der Waals surface area (Å²) in [6, 6.07) is 3.91. The summed E-state index contributed by atoms with van der Waals surface area (Å²) in [6.45, 7) is -0.0969. The lowest BCUT2D eigenvalue weighted by atomic mass is 10.2. The van der Waals surface area contributed by atoms with E-state index < -0.39 is 34.0 Å². The number of nitrogens with one attached hydrogen (secondary N) is 1. The van der Waals surface area contributed by atoms with Gasteiger partial charge in [0.05, 0.1) is 12.2 Å². The Balaban J connectivity index is 2.64. The molecule has 0 aliphatic rings. The topological polar surface area (TPSA) is 83.5 Å². The molecule has 8 heteroatoms. The average Bonchev–Trinajstić information content (AvgIpc) is 2.28. The van der Waals surface area contributed by atoms with E-state index in [1.165, 1.54) is 18.2 Å². The van der Waals surface area contributed by atoms with E-state index in [-0.39, 0.29) is 6.54 Å². The molecular weight excluding hydrogens is 329 g/mol. The molecule has 0 saturated heterocycles. The molecule has 5 nitrogen and oxygen atoms in total. The fourth-order valence-corrected chi connectivity index (χ4v) is 2.51. The van der Waals surface area contributed by atoms with Crippen LogP contribution in [-0.2, 0) is 21.4 Å². The summed E-state index contributed by atoms with van der Waals surface area (Å²) in [5.41, 5.74) is 0.439. The van der Waals surface area contributed by atoms with E-state index in [0.29, 0.717) is 10.0 Å². The molecule has 0 atom stereocenters. The first kappa shape index (κ1) is 15.1. The Hall–Kier alpha value is -0.990. The second-order valence-electron chi connectivity index (χ2n) is 3.52. The fourth-order valence-electron chi connectivity index (χ4n) is 1.16. The number of carboxylic acid groups (broad SMARTS) is 1. The molecule has 0 radical (unpaired) electrons. The first-order chi connectivity index (χ1) is 8.30. The summed E-state index contributed by atoms with van der Waals surface area (Å²) in [6.07, 6.45) is -0.473. The normalized spacial score (nSPS) is 11.4. The summed E-state index contributed by atoms with van der Waals surface area (Å²) >= 11 is 3.16. The van der Waals surface area contributed by atoms with E-state index in [2.05, 4.69) is 20.7 Å². The van der Waals surface area contributed by atoms with Crippen molar-refractivity contribution in [3.05, 3.63) is 34.1 Å². The molecule has 2 N–H and O–H groups in total. The number of carboxylic acids is 1. The summed E-state index contributed by atoms with van der Waals surface area (Å²) in [7, 11) is -3.68. The van der Waals surface area contributed by atoms with E-state index in [1.54, 1.807) is 0 Å². The molecule has 18 heavy (non-hydrogen) atoms. The Morgan fingerprint density at radius 2 is 2.11 bits per heavy atom. The largest absolute Gasteiger partial charge is 0.481 e. The minimum Gasteiger partial charge on any atom is -0.481 e. The molecule has 0 aliphatic carbocycles. The van der Waals surface area contributed by atoms with Crippen LogP contribution in [-0.4, -0.2) is 25.2 Å². The van der Waals surface area contributed by atoms with Gasteiger partial charge in [0.2, 0.25) is 10.0 Å². The van der Waals surface area contributed by atoms with Crippen molar-refractivity contribution in [1.29, 1.82) is 0 Å². The average molecular weight is 340 g/mol. The molecule has 1 aromatic rings. The third-order valence-electron chi connectivity index (χ3n) is 2.07. The van der Waals surface area contributed by atoms with Crippen LogP contribution in [0.15, 0.2) is 22.7 Å². The van der Waals surface area contributed by atoms with E-state index >= 15 is 0 Å². The van der Waals surface area contributed by atoms with Gasteiger partial charge >= 0.3 is 5.97 Å². The summed E-state index contributed by atoms with van der Waals surface area (Å²) < 4.78 is 38.6. The molecule has 100 valence electrons. The van der Waals surface area contributed by atoms with Crippen molar-refractivity contribution in [3.63, 3.8) is 0 Å². The number of halogens is 2. The number of rotatable bonds is 6. The van der Waals surface area contributed by atoms with E-state index in [9.17, 15) is 17.6 Å². The lowest BCUT2D eigenvalue weighted by Crippen LogP contribution is -2.27. The number of hydrogen-bond donors (Lipinski definition) is 2. The Kier molecular flexibility index (Phi) is 5.24. The smallest absolute Gasteiger partial charge is 0.304 e. The molecule has 0 saturated carbocycles. The van der Waals surface area contributed by atoms with Gasteiger partial charge in [0, 0.05) is 11.0 Å². The molecule has 0 aliphatic heterocycles. The van der Waals surface area contributed by atoms with Crippen LogP contribution >= 0.6 is 15.9 Å². The summed E-state index contributed by atoms with van der Waals surface area (Å²) in [5, 5.41) is 8.39. The second-order valence-corrected chi connectivity index (χ2v) is 6.30. The highest BCUT2D eigenvalue weighted by molar-refractivity contribution is 9.10. The molecule has 0 unspecified atom stereocenters. The number of benzene rings is 1. The molecule has 1 rings (SSSR count). The van der Waals surface area contributed by atoms with Gasteiger partial charge in [0.25, 0.3) is 0 Å². The van der Waals surface area contributed by atoms with Crippen molar-refractivity contribution in [1.82, 2.24) is 4.72 Å². The molecule has 0 aromatic heterocycles. The molecule has 0 amide bonds. The predicted octanol–water partition coefficient (Wildman–Crippen LogP) is 1.48. The van der Waals surface area contributed by atoms with Gasteiger partial charge in [0.1, 0.15) is 5.82 Å². The third-order valence-corrected chi connectivity index (χ3v) is 4.17. The number of aliphatic carboxylic acids is 1. The van der Waals surface area contributed by atoms with Gasteiger partial charge in [-0.1, -0.05) is 15.9 Å². The van der Waals surface area contributed by atoms with Crippen molar-refractivity contribution in [2.24, 2.45) is 0 Å². The van der Waals surface area contributed by atoms with Gasteiger partial charge in [-0.2, -0.15) is 0 Å². The SMILES string of the molecule is O=C(O)CCS(=O)(=O)NCc1cc(F)ccc1Br. The second kappa shape index (κ2) is 6.26. The highest BCUT2D eigenvalue weighted by atomic mass is 79.9. The quantitative estimate of drug-likeness (QED) is 0.822. The zero-order valence-electron chi connectivity index (χ0n) is 9.19. The molecule has 0 fully saturated rings. The van der Waals surface area contributed by atoms with E-state index in [1.807, 2.05) is 0 Å². The van der Waals surface area contributed by atoms with Gasteiger partial charge in [-0.15, -0.1) is 0 Å². The molecule has 1 aromatic carbocycles. The number of carbonyl (C=O) groups is 1. The summed E-state index contributed by atoms with van der Waals surface area (Å²) in [4.78, 5) is 10.3. The first-order valence-electron chi connectivity index (χ1n) is 4.93. The van der Waals surface area contributed by atoms with Crippen molar-refractivity contribution in [2.75, 3.05) is 5.75 Å². The molecule has 0 heterocycles. The highest BCUT2D eigenvalue weighted by Crippen LogP contribution is 2.17. The van der Waals surface area contributed by atoms with Gasteiger partial charge < -0.3 is 5.11 Å². The van der Waals surface area contributed by atoms with Gasteiger partial charge in [-0.05, 0) is 23.8 Å². The number of sulfonamides is 1. The third kappa shape index (κ3) is 5.11. The highest BCUT2D eigenvalue weighted by Gasteiger charge is 2.13. The van der Waals surface area contributed by atoms with Crippen LogP contribution in [0.5, 0.6) is 0 Å². The first-order valence-corrected chi connectivity index (χ1v) is 7.38. The Morgan fingerprint density at radius 3 is 2.72 bits per heavy atom. The van der Waals surface area contributed by atoms with Crippen molar-refractivity contribution < 1.29 is 22.7 Å². The van der Waals surface area contributed by atoms with E-state index in [0.717, 1.165) is 0 Å². The van der Waals surface area contributed by atoms with Crippen molar-refractivity contribution in [3.8, 4) is 0 Å². The molecule has 0 spiro atoms. The van der Waals surface area contributed by atoms with Crippen molar-refractivity contribution >= 4 is 31.9 Å². The van der Waals surface area contributed by atoms with E-state index in [4.69, 9.17) is 5.11 Å². The maximum atomic E-state index is 12.9. The van der Waals surface area contributed by atoms with Crippen LogP contribution in [0, 0.1) is 5.82 Å². The Morgan fingerprint density at radius 1 is 1.44 bits per heavy atom. The fraction of sp³-hybridized carbons (Fsp3) is 0.300. The minimum atomic E-state index is -3.68. The van der Waals surface area contributed by atoms with Crippen LogP contribution in [0.4, 0.5) is 4.39 Å². The standard InChI is InChI=1S/C10H11BrFNO4S/c11-9-2-1-8(12)5-7(9)6-13-18(16,17)4-3-10(14)15/h1-2,5,13H,3-4,6H2,(H,14,15). The minimum absolute atomic E-state index is 0.0969. The number of hydrogen-bond acceptors (Lipinski definition) is 3. The molecular formula is C10H11BrFNO4S. The van der Waals surface area contributed by atoms with Crippen LogP contribution in [0.3, 0.4) is 0 Å². The molecule has 0 bridgehead atoms. The zero-order valence-corrected chi connectivity index (χ0v) is 11.6. The maximum Gasteiger partial charge on any atom is 0.304 e.